The molecule has 0 saturated carbocycles. The summed E-state index contributed by atoms with van der Waals surface area (Å²) in [4.78, 5) is 9.63. The number of aliphatic hydroxyl groups excluding tert-OH is 2. The van der Waals surface area contributed by atoms with Crippen LogP contribution in [-0.2, 0) is 4.79 Å². The van der Waals surface area contributed by atoms with Crippen LogP contribution in [0, 0.1) is 0 Å². The van der Waals surface area contributed by atoms with Crippen molar-refractivity contribution in [3.8, 4) is 0 Å². The van der Waals surface area contributed by atoms with Gasteiger partial charge in [0.05, 0.1) is 6.61 Å². The number of carbonyl (C=O) groups excluding carboxylic acids is 1. The van der Waals surface area contributed by atoms with Crippen LogP contribution in [-0.4, -0.2) is 29.2 Å². The molecule has 0 amide bonds. The summed E-state index contributed by atoms with van der Waals surface area (Å²) in [5.74, 6) is 0. The number of hydrogen-bond acceptors (Lipinski definition) is 3. The van der Waals surface area contributed by atoms with E-state index < -0.39 is 19.0 Å². The molecule has 1 atom stereocenters. The van der Waals surface area contributed by atoms with Gasteiger partial charge in [0.15, 0.2) is 6.26 Å². The van der Waals surface area contributed by atoms with Crippen LogP contribution >= 0.6 is 0 Å². The van der Waals surface area contributed by atoms with Gasteiger partial charge in [-0.15, -0.1) is 0 Å². The molecule has 3 nitrogen and oxygen atoms in total. The van der Waals surface area contributed by atoms with Crippen molar-refractivity contribution in [1.82, 2.24) is 0 Å². The minimum atomic E-state index is -1.51. The fourth-order valence-electron chi connectivity index (χ4n) is 0.0373. The average molecular weight is 92.1 g/mol. The predicted octanol–water partition coefficient (Wildman–Crippen LogP) is -1.46. The van der Waals surface area contributed by atoms with Crippen LogP contribution in [0.4, 0.5) is 0 Å². The highest BCUT2D eigenvalue weighted by Gasteiger charge is 1.92. The molecular weight excluding hydrogens is 85.0 g/mol. The summed E-state index contributed by atoms with van der Waals surface area (Å²) in [5.41, 5.74) is 0. The van der Waals surface area contributed by atoms with Crippen molar-refractivity contribution >= 4 is 6.26 Å². The first-order valence-corrected chi connectivity index (χ1v) is 1.48. The third-order valence-corrected chi connectivity index (χ3v) is 0.309. The Morgan fingerprint density at radius 2 is 2.67 bits per heavy atom. The molecule has 0 aliphatic heterocycles. The van der Waals surface area contributed by atoms with Crippen molar-refractivity contribution in [3.05, 3.63) is 0 Å². The summed E-state index contributed by atoms with van der Waals surface area (Å²) in [5, 5.41) is 16.1. The molecule has 0 aromatic carbocycles. The van der Waals surface area contributed by atoms with Crippen LogP contribution < -0.4 is 0 Å². The topological polar surface area (TPSA) is 57.5 Å². The molecule has 0 aliphatic rings. The van der Waals surface area contributed by atoms with Crippen LogP contribution in [0.1, 0.15) is 1.37 Å². The molecule has 0 heterocycles. The molecule has 3 heteroatoms. The van der Waals surface area contributed by atoms with Crippen molar-refractivity contribution < 1.29 is 16.4 Å². The molecule has 0 aromatic heterocycles. The molecule has 36 valence electrons. The van der Waals surface area contributed by atoms with E-state index in [-0.39, 0.29) is 0 Å². The Hall–Kier alpha value is -0.410. The molecule has 6 heavy (non-hydrogen) atoms. The highest BCUT2D eigenvalue weighted by molar-refractivity contribution is 5.55. The lowest BCUT2D eigenvalue weighted by molar-refractivity contribution is -0.116. The van der Waals surface area contributed by atoms with Gasteiger partial charge in [0.2, 0.25) is 0 Å². The Morgan fingerprint density at radius 1 is 2.17 bits per heavy atom. The molecule has 0 saturated heterocycles. The molecule has 0 aliphatic carbocycles. The van der Waals surface area contributed by atoms with Crippen molar-refractivity contribution in [2.75, 3.05) is 6.61 Å². The molecule has 0 rings (SSSR count). The number of rotatable bonds is 2. The minimum absolute atomic E-state index is 0.664. The van der Waals surface area contributed by atoms with Crippen LogP contribution in [0.25, 0.3) is 0 Å². The number of aldehydes is 1. The summed E-state index contributed by atoms with van der Waals surface area (Å²) in [6, 6.07) is 0. The van der Waals surface area contributed by atoms with Crippen molar-refractivity contribution in [2.24, 2.45) is 0 Å². The number of hydrogen-bond donors (Lipinski definition) is 2. The Balaban J connectivity index is 3.34. The van der Waals surface area contributed by atoms with Crippen LogP contribution in [0.5, 0.6) is 0 Å². The smallest absolute Gasteiger partial charge is 0.150 e. The van der Waals surface area contributed by atoms with Crippen LogP contribution in [0.2, 0.25) is 0 Å². The maximum atomic E-state index is 9.63. The normalized spacial score (nSPS) is 16.0. The number of aliphatic hydroxyl groups is 2. The molecule has 1 unspecified atom stereocenters. The lowest BCUT2D eigenvalue weighted by Crippen LogP contribution is -2.12. The highest BCUT2D eigenvalue weighted by atomic mass is 16.3. The van der Waals surface area contributed by atoms with Gasteiger partial charge < -0.3 is 15.0 Å². The largest absolute Gasteiger partial charge is 0.393 e. The highest BCUT2D eigenvalue weighted by Crippen LogP contribution is 1.66. The quantitative estimate of drug-likeness (QED) is 0.323. The maximum absolute atomic E-state index is 9.63. The van der Waals surface area contributed by atoms with E-state index in [1.54, 1.807) is 0 Å². The standard InChI is InChI=1S/C3H6O3/c4-1-3(6)2-5/h1,3,5-6H,2H2/i1+1D. The summed E-state index contributed by atoms with van der Waals surface area (Å²) < 4.78 is 6.13. The summed E-state index contributed by atoms with van der Waals surface area (Å²) in [6.45, 7) is -0.664. The van der Waals surface area contributed by atoms with Crippen LogP contribution in [0.15, 0.2) is 0 Å². The molecule has 0 radical (unpaired) electrons. The molecule has 0 aromatic rings. The van der Waals surface area contributed by atoms with Gasteiger partial charge in [-0.2, -0.15) is 0 Å². The third-order valence-electron chi connectivity index (χ3n) is 0.309. The minimum Gasteiger partial charge on any atom is -0.393 e. The van der Waals surface area contributed by atoms with Crippen molar-refractivity contribution in [3.63, 3.8) is 0 Å². The lowest BCUT2D eigenvalue weighted by atomic mass is 10.6. The first-order chi connectivity index (χ1) is 3.18. The summed E-state index contributed by atoms with van der Waals surface area (Å²) in [6.07, 6.45) is -2.66. The molecule has 2 N–H and O–H groups in total. The monoisotopic (exact) mass is 92.0 g/mol. The molecule has 0 bridgehead atoms. The van der Waals surface area contributed by atoms with Gasteiger partial charge >= 0.3 is 0 Å². The van der Waals surface area contributed by atoms with E-state index in [1.165, 1.54) is 0 Å². The van der Waals surface area contributed by atoms with Gasteiger partial charge in [0.25, 0.3) is 0 Å². The third kappa shape index (κ3) is 1.87. The zero-order chi connectivity index (χ0) is 5.86. The molecule has 0 fully saturated rings. The number of carbonyl (C=O) groups is 1. The molecule has 0 spiro atoms. The van der Waals surface area contributed by atoms with Gasteiger partial charge in [-0.3, -0.25) is 0 Å². The zero-order valence-electron chi connectivity index (χ0n) is 4.09. The van der Waals surface area contributed by atoms with E-state index in [4.69, 9.17) is 11.6 Å². The second-order valence-electron chi connectivity index (χ2n) is 0.816. The van der Waals surface area contributed by atoms with E-state index in [2.05, 4.69) is 0 Å². The summed E-state index contributed by atoms with van der Waals surface area (Å²) in [7, 11) is 0. The van der Waals surface area contributed by atoms with E-state index in [1.807, 2.05) is 0 Å². The first-order valence-electron chi connectivity index (χ1n) is 1.98. The van der Waals surface area contributed by atoms with Gasteiger partial charge in [-0.1, -0.05) is 0 Å². The predicted molar refractivity (Wildman–Crippen MR) is 19.2 cm³/mol. The fourth-order valence-corrected chi connectivity index (χ4v) is 0.0373. The second kappa shape index (κ2) is 2.81. The SMILES string of the molecule is [2H][13C](=O)C(O)CO. The van der Waals surface area contributed by atoms with E-state index >= 15 is 0 Å². The van der Waals surface area contributed by atoms with Crippen molar-refractivity contribution in [1.29, 1.82) is 0 Å². The molecular formula is C3H6O3. The Kier molecular flexibility index (Phi) is 1.76. The Morgan fingerprint density at radius 3 is 2.67 bits per heavy atom. The van der Waals surface area contributed by atoms with Crippen LogP contribution in [0.3, 0.4) is 0 Å². The maximum Gasteiger partial charge on any atom is 0.150 e. The van der Waals surface area contributed by atoms with Gasteiger partial charge in [0, 0.05) is 0 Å². The summed E-state index contributed by atoms with van der Waals surface area (Å²) >= 11 is 0. The Labute approximate surface area is 36.6 Å². The van der Waals surface area contributed by atoms with Crippen molar-refractivity contribution in [2.45, 2.75) is 6.10 Å². The van der Waals surface area contributed by atoms with E-state index in [0.717, 1.165) is 0 Å². The van der Waals surface area contributed by atoms with Gasteiger partial charge in [0.1, 0.15) is 7.47 Å². The second-order valence-corrected chi connectivity index (χ2v) is 0.816. The average Bonchev–Trinajstić information content (AvgIpc) is 1.65. The Bertz CT molecular complexity index is 72.6. The van der Waals surface area contributed by atoms with E-state index in [9.17, 15) is 4.79 Å². The lowest BCUT2D eigenvalue weighted by Gasteiger charge is -1.89. The van der Waals surface area contributed by atoms with Gasteiger partial charge in [-0.25, -0.2) is 0 Å². The fraction of sp³-hybridized carbons (Fsp3) is 0.667. The van der Waals surface area contributed by atoms with Gasteiger partial charge in [-0.05, 0) is 0 Å². The first kappa shape index (κ1) is 3.77. The zero-order valence-corrected chi connectivity index (χ0v) is 3.09. The van der Waals surface area contributed by atoms with E-state index in [0.29, 0.717) is 0 Å².